The van der Waals surface area contributed by atoms with Crippen LogP contribution in [0.5, 0.6) is 0 Å². The van der Waals surface area contributed by atoms with Crippen LogP contribution in [0.4, 0.5) is 17.1 Å². The Morgan fingerprint density at radius 3 is 2.59 bits per heavy atom. The first kappa shape index (κ1) is 16.0. The van der Waals surface area contributed by atoms with E-state index < -0.39 is 4.92 Å². The van der Waals surface area contributed by atoms with Crippen LogP contribution in [0.3, 0.4) is 0 Å². The molecule has 22 heavy (non-hydrogen) atoms. The number of para-hydroxylation sites is 2. The first-order chi connectivity index (χ1) is 10.5. The maximum atomic E-state index is 11.7. The number of benzene rings is 1. The smallest absolute Gasteiger partial charge is 0.292 e. The minimum atomic E-state index is -0.433. The third-order valence-corrected chi connectivity index (χ3v) is 3.70. The highest BCUT2D eigenvalue weighted by atomic mass is 79.9. The zero-order valence-electron chi connectivity index (χ0n) is 11.7. The number of hydrogen-bond acceptors (Lipinski definition) is 6. The molecule has 0 fully saturated rings. The summed E-state index contributed by atoms with van der Waals surface area (Å²) in [7, 11) is 1.56. The van der Waals surface area contributed by atoms with Gasteiger partial charge in [-0.3, -0.25) is 14.9 Å². The van der Waals surface area contributed by atoms with E-state index in [1.807, 2.05) is 0 Å². The summed E-state index contributed by atoms with van der Waals surface area (Å²) in [4.78, 5) is 22.1. The Balaban J connectivity index is 1.95. The van der Waals surface area contributed by atoms with E-state index in [4.69, 9.17) is 0 Å². The molecule has 0 bridgehead atoms. The maximum absolute atomic E-state index is 11.7. The number of hydrogen-bond donors (Lipinski definition) is 2. The van der Waals surface area contributed by atoms with E-state index in [1.54, 1.807) is 25.2 Å². The van der Waals surface area contributed by atoms with Gasteiger partial charge in [0.05, 0.1) is 16.8 Å². The monoisotopic (exact) mass is 367 g/mol. The Kier molecular flexibility index (Phi) is 5.10. The lowest BCUT2D eigenvalue weighted by Gasteiger charge is -2.10. The quantitative estimate of drug-likeness (QED) is 0.459. The van der Waals surface area contributed by atoms with Gasteiger partial charge in [-0.2, -0.15) is 5.10 Å². The Labute approximate surface area is 134 Å². The van der Waals surface area contributed by atoms with Crippen LogP contribution in [0.2, 0.25) is 0 Å². The number of halogens is 1. The van der Waals surface area contributed by atoms with Gasteiger partial charge in [0.1, 0.15) is 10.2 Å². The molecule has 0 aliphatic heterocycles. The van der Waals surface area contributed by atoms with E-state index in [1.165, 1.54) is 16.9 Å². The van der Waals surface area contributed by atoms with Gasteiger partial charge in [0.15, 0.2) is 0 Å². The van der Waals surface area contributed by atoms with Gasteiger partial charge in [-0.05, 0) is 22.0 Å². The van der Waals surface area contributed by atoms with E-state index in [2.05, 4.69) is 31.7 Å². The lowest BCUT2D eigenvalue weighted by Crippen LogP contribution is -2.22. The van der Waals surface area contributed by atoms with Crippen LogP contribution in [0.25, 0.3) is 0 Å². The highest BCUT2D eigenvalue weighted by molar-refractivity contribution is 9.10. The summed E-state index contributed by atoms with van der Waals surface area (Å²) >= 11 is 3.21. The summed E-state index contributed by atoms with van der Waals surface area (Å²) in [5.41, 5.74) is 0.818. The molecule has 1 heterocycles. The molecule has 0 aliphatic rings. The molecule has 2 N–H and O–H groups in total. The van der Waals surface area contributed by atoms with Crippen LogP contribution in [0.1, 0.15) is 0 Å². The molecule has 0 radical (unpaired) electrons. The molecule has 0 amide bonds. The summed E-state index contributed by atoms with van der Waals surface area (Å²) < 4.78 is 1.62. The lowest BCUT2D eigenvalue weighted by molar-refractivity contribution is -0.384. The Bertz CT molecular complexity index is 747. The third kappa shape index (κ3) is 3.61. The van der Waals surface area contributed by atoms with E-state index in [-0.39, 0.29) is 11.2 Å². The molecule has 116 valence electrons. The first-order valence-electron chi connectivity index (χ1n) is 6.43. The van der Waals surface area contributed by atoms with Crippen molar-refractivity contribution in [2.75, 3.05) is 23.7 Å². The minimum Gasteiger partial charge on any atom is -0.381 e. The van der Waals surface area contributed by atoms with Crippen LogP contribution in [0.15, 0.2) is 39.7 Å². The highest BCUT2D eigenvalue weighted by Gasteiger charge is 2.11. The Morgan fingerprint density at radius 2 is 1.91 bits per heavy atom. The van der Waals surface area contributed by atoms with E-state index in [0.29, 0.717) is 28.9 Å². The number of nitrogens with one attached hydrogen (secondary N) is 2. The predicted octanol–water partition coefficient (Wildman–Crippen LogP) is 1.97. The van der Waals surface area contributed by atoms with Crippen LogP contribution >= 0.6 is 15.9 Å². The van der Waals surface area contributed by atoms with Crippen LogP contribution in [-0.2, 0) is 7.05 Å². The summed E-state index contributed by atoms with van der Waals surface area (Å²) in [6.07, 6.45) is 1.54. The molecule has 9 heteroatoms. The highest BCUT2D eigenvalue weighted by Crippen LogP contribution is 2.22. The predicted molar refractivity (Wildman–Crippen MR) is 87.3 cm³/mol. The molecule has 0 saturated carbocycles. The van der Waals surface area contributed by atoms with Crippen LogP contribution in [-0.4, -0.2) is 27.8 Å². The molecule has 0 atom stereocenters. The molecule has 2 rings (SSSR count). The van der Waals surface area contributed by atoms with Crippen molar-refractivity contribution in [2.24, 2.45) is 7.05 Å². The topological polar surface area (TPSA) is 102 Å². The van der Waals surface area contributed by atoms with Crippen molar-refractivity contribution in [1.29, 1.82) is 0 Å². The van der Waals surface area contributed by atoms with Crippen molar-refractivity contribution in [3.63, 3.8) is 0 Å². The average Bonchev–Trinajstić information content (AvgIpc) is 2.51. The number of nitro groups is 1. The van der Waals surface area contributed by atoms with E-state index in [0.717, 1.165) is 0 Å². The van der Waals surface area contributed by atoms with Gasteiger partial charge >= 0.3 is 0 Å². The molecule has 1 aromatic heterocycles. The lowest BCUT2D eigenvalue weighted by atomic mass is 10.2. The van der Waals surface area contributed by atoms with E-state index in [9.17, 15) is 14.9 Å². The summed E-state index contributed by atoms with van der Waals surface area (Å²) in [5.74, 6) is 0. The van der Waals surface area contributed by atoms with Gasteiger partial charge in [-0.1, -0.05) is 12.1 Å². The maximum Gasteiger partial charge on any atom is 0.292 e. The standard InChI is InChI=1S/C13H14BrN5O3/c1-18-13(20)12(14)10(8-17-18)16-7-6-15-9-4-2-3-5-11(9)19(21)22/h2-5,8,15-16H,6-7H2,1H3. The number of nitrogens with zero attached hydrogens (tertiary/aromatic N) is 3. The van der Waals surface area contributed by atoms with Crippen molar-refractivity contribution in [2.45, 2.75) is 0 Å². The molecule has 2 aromatic rings. The second-order valence-corrected chi connectivity index (χ2v) is 5.22. The molecule has 0 unspecified atom stereocenters. The van der Waals surface area contributed by atoms with Crippen LogP contribution in [0, 0.1) is 10.1 Å². The van der Waals surface area contributed by atoms with Crippen molar-refractivity contribution in [1.82, 2.24) is 9.78 Å². The molecular formula is C13H14BrN5O3. The zero-order chi connectivity index (χ0) is 16.1. The zero-order valence-corrected chi connectivity index (χ0v) is 13.3. The molecule has 8 nitrogen and oxygen atoms in total. The van der Waals surface area contributed by atoms with E-state index >= 15 is 0 Å². The van der Waals surface area contributed by atoms with Gasteiger partial charge in [0, 0.05) is 26.2 Å². The van der Waals surface area contributed by atoms with Gasteiger partial charge < -0.3 is 10.6 Å². The van der Waals surface area contributed by atoms with Crippen molar-refractivity contribution < 1.29 is 4.92 Å². The fourth-order valence-electron chi connectivity index (χ4n) is 1.81. The number of aryl methyl sites for hydroxylation is 1. The molecule has 0 saturated heterocycles. The fourth-order valence-corrected chi connectivity index (χ4v) is 2.31. The van der Waals surface area contributed by atoms with Crippen molar-refractivity contribution >= 4 is 33.0 Å². The minimum absolute atomic E-state index is 0.0268. The number of aromatic nitrogens is 2. The number of nitro benzene ring substituents is 1. The summed E-state index contributed by atoms with van der Waals surface area (Å²) in [5, 5.41) is 20.8. The molecule has 1 aromatic carbocycles. The second kappa shape index (κ2) is 7.03. The summed E-state index contributed by atoms with van der Waals surface area (Å²) in [6, 6.07) is 6.43. The first-order valence-corrected chi connectivity index (χ1v) is 7.23. The normalized spacial score (nSPS) is 10.3. The van der Waals surface area contributed by atoms with Gasteiger partial charge in [0.2, 0.25) is 0 Å². The average molecular weight is 368 g/mol. The third-order valence-electron chi connectivity index (χ3n) is 2.93. The van der Waals surface area contributed by atoms with Gasteiger partial charge in [-0.15, -0.1) is 0 Å². The van der Waals surface area contributed by atoms with Gasteiger partial charge in [-0.25, -0.2) is 4.68 Å². The van der Waals surface area contributed by atoms with Gasteiger partial charge in [0.25, 0.3) is 11.2 Å². The number of anilines is 2. The number of rotatable bonds is 6. The van der Waals surface area contributed by atoms with Crippen LogP contribution < -0.4 is 16.2 Å². The Morgan fingerprint density at radius 1 is 1.27 bits per heavy atom. The second-order valence-electron chi connectivity index (χ2n) is 4.43. The SMILES string of the molecule is Cn1ncc(NCCNc2ccccc2[N+](=O)[O-])c(Br)c1=O. The van der Waals surface area contributed by atoms with Crippen molar-refractivity contribution in [3.05, 3.63) is 55.4 Å². The molecular weight excluding hydrogens is 354 g/mol. The largest absolute Gasteiger partial charge is 0.381 e. The molecule has 0 spiro atoms. The Hall–Kier alpha value is -2.42. The fraction of sp³-hybridized carbons (Fsp3) is 0.231. The molecule has 0 aliphatic carbocycles. The van der Waals surface area contributed by atoms with Crippen molar-refractivity contribution in [3.8, 4) is 0 Å². The summed E-state index contributed by atoms with van der Waals surface area (Å²) in [6.45, 7) is 0.923.